The maximum atomic E-state index is 12.7. The number of para-hydroxylation sites is 1. The van der Waals surface area contributed by atoms with Gasteiger partial charge in [0.1, 0.15) is 6.07 Å². The Morgan fingerprint density at radius 2 is 1.71 bits per heavy atom. The van der Waals surface area contributed by atoms with Gasteiger partial charge in [-0.15, -0.1) is 5.10 Å². The van der Waals surface area contributed by atoms with Gasteiger partial charge in [-0.3, -0.25) is 9.36 Å². The molecule has 0 radical (unpaired) electrons. The molecule has 118 valence electrons. The molecule has 0 aliphatic heterocycles. The monoisotopic (exact) mass is 338 g/mol. The Balaban J connectivity index is 2.18. The van der Waals surface area contributed by atoms with E-state index in [2.05, 4.69) is 5.10 Å². The van der Waals surface area contributed by atoms with E-state index in [1.165, 1.54) is 0 Å². The van der Waals surface area contributed by atoms with Crippen LogP contribution in [0.3, 0.4) is 0 Å². The number of nitrogens with zero attached hydrogens (tertiary/aromatic N) is 4. The zero-order valence-corrected chi connectivity index (χ0v) is 13.1. The molecule has 2 aromatic carbocycles. The van der Waals surface area contributed by atoms with E-state index in [9.17, 15) is 9.59 Å². The Morgan fingerprint density at radius 1 is 1.04 bits per heavy atom. The molecule has 0 fully saturated rings. The Hall–Kier alpha value is -3.17. The number of hydrogen-bond donors (Lipinski definition) is 0. The lowest BCUT2D eigenvalue weighted by Gasteiger charge is -2.10. The zero-order valence-electron chi connectivity index (χ0n) is 12.4. The second-order valence-corrected chi connectivity index (χ2v) is 5.44. The largest absolute Gasteiger partial charge is 0.352 e. The van der Waals surface area contributed by atoms with Crippen molar-refractivity contribution in [1.29, 1.82) is 5.26 Å². The lowest BCUT2D eigenvalue weighted by Crippen LogP contribution is -2.42. The van der Waals surface area contributed by atoms with Gasteiger partial charge in [-0.1, -0.05) is 41.9 Å². The van der Waals surface area contributed by atoms with E-state index in [0.29, 0.717) is 16.3 Å². The predicted octanol–water partition coefficient (Wildman–Crippen LogP) is 1.97. The smallest absolute Gasteiger partial charge is 0.266 e. The Morgan fingerprint density at radius 3 is 2.33 bits per heavy atom. The molecule has 0 N–H and O–H groups in total. The summed E-state index contributed by atoms with van der Waals surface area (Å²) in [5.41, 5.74) is -0.477. The van der Waals surface area contributed by atoms with E-state index in [1.807, 2.05) is 0 Å². The van der Waals surface area contributed by atoms with Crippen LogP contribution in [0.4, 0.5) is 0 Å². The first kappa shape index (κ1) is 15.7. The molecule has 3 rings (SSSR count). The van der Waals surface area contributed by atoms with Gasteiger partial charge in [-0.05, 0) is 29.8 Å². The van der Waals surface area contributed by atoms with Gasteiger partial charge in [0.2, 0.25) is 5.69 Å². The third-order valence-electron chi connectivity index (χ3n) is 3.42. The van der Waals surface area contributed by atoms with Crippen molar-refractivity contribution in [3.05, 3.63) is 91.7 Å². The first-order valence-electron chi connectivity index (χ1n) is 7.04. The van der Waals surface area contributed by atoms with Crippen LogP contribution in [-0.4, -0.2) is 14.3 Å². The van der Waals surface area contributed by atoms with Crippen LogP contribution >= 0.6 is 11.6 Å². The van der Waals surface area contributed by atoms with Gasteiger partial charge < -0.3 is 0 Å². The lowest BCUT2D eigenvalue weighted by molar-refractivity contribution is 0.611. The van der Waals surface area contributed by atoms with Crippen LogP contribution in [-0.2, 0) is 6.54 Å². The van der Waals surface area contributed by atoms with Crippen molar-refractivity contribution < 1.29 is 0 Å². The van der Waals surface area contributed by atoms with Crippen LogP contribution in [0.25, 0.3) is 5.69 Å². The normalized spacial score (nSPS) is 10.3. The van der Waals surface area contributed by atoms with Crippen LogP contribution < -0.4 is 11.2 Å². The topological polar surface area (TPSA) is 80.7 Å². The number of aromatic nitrogens is 3. The summed E-state index contributed by atoms with van der Waals surface area (Å²) in [4.78, 5) is 25.0. The summed E-state index contributed by atoms with van der Waals surface area (Å²) in [7, 11) is 0. The second-order valence-electron chi connectivity index (χ2n) is 5.01. The number of hydrogen-bond acceptors (Lipinski definition) is 4. The van der Waals surface area contributed by atoms with Crippen molar-refractivity contribution in [1.82, 2.24) is 14.3 Å². The highest BCUT2D eigenvalue weighted by Gasteiger charge is 2.14. The first-order valence-corrected chi connectivity index (χ1v) is 7.42. The minimum absolute atomic E-state index is 0.0267. The predicted molar refractivity (Wildman–Crippen MR) is 89.4 cm³/mol. The quantitative estimate of drug-likeness (QED) is 0.731. The van der Waals surface area contributed by atoms with Crippen molar-refractivity contribution in [3.63, 3.8) is 0 Å². The van der Waals surface area contributed by atoms with E-state index in [0.717, 1.165) is 9.25 Å². The third-order valence-corrected chi connectivity index (χ3v) is 3.67. The highest BCUT2D eigenvalue weighted by molar-refractivity contribution is 6.30. The minimum Gasteiger partial charge on any atom is -0.266 e. The molecule has 1 heterocycles. The van der Waals surface area contributed by atoms with E-state index in [1.54, 1.807) is 60.7 Å². The number of nitriles is 1. The van der Waals surface area contributed by atoms with E-state index in [4.69, 9.17) is 16.9 Å². The van der Waals surface area contributed by atoms with Crippen molar-refractivity contribution in [2.45, 2.75) is 6.54 Å². The Bertz CT molecular complexity index is 1030. The standard InChI is InChI=1S/C17H11ClN4O2/c18-13-8-6-12(7-9-13)11-21-16(23)15(10-19)20-22(17(21)24)14-4-2-1-3-5-14/h1-9H,11H2. The molecule has 0 aliphatic rings. The summed E-state index contributed by atoms with van der Waals surface area (Å²) in [5.74, 6) is 0. The number of rotatable bonds is 3. The van der Waals surface area contributed by atoms with Crippen LogP contribution in [0.15, 0.2) is 64.2 Å². The average molecular weight is 339 g/mol. The summed E-state index contributed by atoms with van der Waals surface area (Å²) in [6, 6.07) is 17.1. The molecular formula is C17H11ClN4O2. The molecule has 6 nitrogen and oxygen atoms in total. The van der Waals surface area contributed by atoms with Gasteiger partial charge in [0.15, 0.2) is 0 Å². The molecule has 0 aliphatic carbocycles. The highest BCUT2D eigenvalue weighted by atomic mass is 35.5. The molecule has 1 aromatic heterocycles. The van der Waals surface area contributed by atoms with Crippen LogP contribution in [0.5, 0.6) is 0 Å². The molecule has 0 saturated carbocycles. The Labute approximate surface area is 141 Å². The van der Waals surface area contributed by atoms with Crippen molar-refractivity contribution in [2.75, 3.05) is 0 Å². The van der Waals surface area contributed by atoms with Gasteiger partial charge in [-0.2, -0.15) is 9.94 Å². The lowest BCUT2D eigenvalue weighted by atomic mass is 10.2. The molecule has 0 saturated heterocycles. The van der Waals surface area contributed by atoms with Crippen molar-refractivity contribution >= 4 is 11.6 Å². The molecule has 0 amide bonds. The summed E-state index contributed by atoms with van der Waals surface area (Å²) in [5, 5.41) is 13.6. The maximum Gasteiger partial charge on any atom is 0.352 e. The van der Waals surface area contributed by atoms with Crippen LogP contribution in [0.1, 0.15) is 11.3 Å². The highest BCUT2D eigenvalue weighted by Crippen LogP contribution is 2.10. The second kappa shape index (κ2) is 6.52. The fraction of sp³-hybridized carbons (Fsp3) is 0.0588. The summed E-state index contributed by atoms with van der Waals surface area (Å²) < 4.78 is 2.04. The third kappa shape index (κ3) is 2.98. The molecule has 0 bridgehead atoms. The average Bonchev–Trinajstić information content (AvgIpc) is 2.61. The molecule has 0 unspecified atom stereocenters. The maximum absolute atomic E-state index is 12.7. The van der Waals surface area contributed by atoms with Crippen molar-refractivity contribution in [2.24, 2.45) is 0 Å². The molecule has 24 heavy (non-hydrogen) atoms. The fourth-order valence-corrected chi connectivity index (χ4v) is 2.36. The fourth-order valence-electron chi connectivity index (χ4n) is 2.23. The van der Waals surface area contributed by atoms with Crippen LogP contribution in [0.2, 0.25) is 5.02 Å². The molecule has 7 heteroatoms. The minimum atomic E-state index is -0.718. The molecule has 0 atom stereocenters. The van der Waals surface area contributed by atoms with Crippen LogP contribution in [0, 0.1) is 11.3 Å². The summed E-state index contributed by atoms with van der Waals surface area (Å²) >= 11 is 5.84. The summed E-state index contributed by atoms with van der Waals surface area (Å²) in [6.07, 6.45) is 0. The SMILES string of the molecule is N#Cc1nn(-c2ccccc2)c(=O)n(Cc2ccc(Cl)cc2)c1=O. The zero-order chi connectivity index (χ0) is 17.1. The van der Waals surface area contributed by atoms with Crippen molar-refractivity contribution in [3.8, 4) is 11.8 Å². The number of benzene rings is 2. The van der Waals surface area contributed by atoms with Gasteiger partial charge >= 0.3 is 5.69 Å². The Kier molecular flexibility index (Phi) is 4.27. The molecular weight excluding hydrogens is 328 g/mol. The first-order chi connectivity index (χ1) is 11.6. The van der Waals surface area contributed by atoms with Gasteiger partial charge in [0, 0.05) is 5.02 Å². The van der Waals surface area contributed by atoms with Gasteiger partial charge in [0.25, 0.3) is 5.56 Å². The number of halogens is 1. The molecule has 3 aromatic rings. The van der Waals surface area contributed by atoms with Gasteiger partial charge in [-0.25, -0.2) is 4.79 Å². The van der Waals surface area contributed by atoms with E-state index in [-0.39, 0.29) is 12.2 Å². The van der Waals surface area contributed by atoms with Gasteiger partial charge in [0.05, 0.1) is 12.2 Å². The summed E-state index contributed by atoms with van der Waals surface area (Å²) in [6.45, 7) is 0.0267. The van der Waals surface area contributed by atoms with E-state index >= 15 is 0 Å². The van der Waals surface area contributed by atoms with E-state index < -0.39 is 11.2 Å². The molecule has 0 spiro atoms.